The summed E-state index contributed by atoms with van der Waals surface area (Å²) in [7, 11) is 1.73. The van der Waals surface area contributed by atoms with Crippen molar-refractivity contribution in [3.63, 3.8) is 0 Å². The van der Waals surface area contributed by atoms with Gasteiger partial charge >= 0.3 is 0 Å². The maximum absolute atomic E-state index is 9.33. The summed E-state index contributed by atoms with van der Waals surface area (Å²) in [6, 6.07) is 3.49. The fourth-order valence-corrected chi connectivity index (χ4v) is 2.04. The van der Waals surface area contributed by atoms with Crippen molar-refractivity contribution in [2.24, 2.45) is 0 Å². The minimum Gasteiger partial charge on any atom is -0.383 e. The highest BCUT2D eigenvalue weighted by molar-refractivity contribution is 5.07. The fourth-order valence-electron chi connectivity index (χ4n) is 2.04. The van der Waals surface area contributed by atoms with Gasteiger partial charge in [-0.25, -0.2) is 0 Å². The zero-order valence-corrected chi connectivity index (χ0v) is 12.2. The third kappa shape index (κ3) is 5.34. The largest absolute Gasteiger partial charge is 0.383 e. The SMILES string of the molecule is COCCN(CCC(C)(C#N)NC1CC1)C(C)C. The van der Waals surface area contributed by atoms with Crippen LogP contribution in [0.3, 0.4) is 0 Å². The van der Waals surface area contributed by atoms with Gasteiger partial charge in [0, 0.05) is 32.3 Å². The molecule has 0 aromatic carbocycles. The second-order valence-corrected chi connectivity index (χ2v) is 5.74. The van der Waals surface area contributed by atoms with Crippen LogP contribution < -0.4 is 5.32 Å². The van der Waals surface area contributed by atoms with Gasteiger partial charge in [0.2, 0.25) is 0 Å². The first-order valence-corrected chi connectivity index (χ1v) is 6.92. The number of nitrogens with zero attached hydrogens (tertiary/aromatic N) is 2. The molecular formula is C14H27N3O. The van der Waals surface area contributed by atoms with Crippen molar-refractivity contribution >= 4 is 0 Å². The van der Waals surface area contributed by atoms with E-state index in [2.05, 4.69) is 30.1 Å². The Morgan fingerprint density at radius 2 is 2.11 bits per heavy atom. The summed E-state index contributed by atoms with van der Waals surface area (Å²) in [6.45, 7) is 9.00. The molecule has 1 unspecified atom stereocenters. The van der Waals surface area contributed by atoms with Crippen molar-refractivity contribution in [2.75, 3.05) is 26.8 Å². The Hall–Kier alpha value is -0.630. The summed E-state index contributed by atoms with van der Waals surface area (Å²) in [4.78, 5) is 2.37. The summed E-state index contributed by atoms with van der Waals surface area (Å²) in [5.41, 5.74) is -0.388. The van der Waals surface area contributed by atoms with Gasteiger partial charge in [0.15, 0.2) is 0 Å². The van der Waals surface area contributed by atoms with Gasteiger partial charge < -0.3 is 4.74 Å². The van der Waals surface area contributed by atoms with Crippen LogP contribution >= 0.6 is 0 Å². The van der Waals surface area contributed by atoms with Crippen LogP contribution in [-0.2, 0) is 4.74 Å². The van der Waals surface area contributed by atoms with Crippen LogP contribution in [0.25, 0.3) is 0 Å². The molecule has 18 heavy (non-hydrogen) atoms. The smallest absolute Gasteiger partial charge is 0.105 e. The van der Waals surface area contributed by atoms with E-state index in [4.69, 9.17) is 4.74 Å². The Bertz CT molecular complexity index is 283. The highest BCUT2D eigenvalue weighted by Crippen LogP contribution is 2.24. The van der Waals surface area contributed by atoms with Crippen LogP contribution in [0, 0.1) is 11.3 Å². The van der Waals surface area contributed by atoms with Crippen LogP contribution in [0.5, 0.6) is 0 Å². The Morgan fingerprint density at radius 3 is 2.56 bits per heavy atom. The lowest BCUT2D eigenvalue weighted by Crippen LogP contribution is -2.46. The molecule has 1 N–H and O–H groups in total. The molecule has 0 spiro atoms. The van der Waals surface area contributed by atoms with E-state index in [1.165, 1.54) is 12.8 Å². The molecule has 104 valence electrons. The molecule has 0 aromatic rings. The van der Waals surface area contributed by atoms with Crippen molar-refractivity contribution in [3.8, 4) is 6.07 Å². The molecule has 4 nitrogen and oxygen atoms in total. The van der Waals surface area contributed by atoms with E-state index in [0.29, 0.717) is 12.1 Å². The lowest BCUT2D eigenvalue weighted by atomic mass is 9.99. The zero-order chi connectivity index (χ0) is 13.6. The molecule has 1 saturated carbocycles. The standard InChI is InChI=1S/C14H27N3O/c1-12(2)17(9-10-18-4)8-7-14(3,11-15)16-13-5-6-13/h12-13,16H,5-10H2,1-4H3. The Labute approximate surface area is 111 Å². The van der Waals surface area contributed by atoms with Gasteiger partial charge in [-0.2, -0.15) is 5.26 Å². The molecule has 0 bridgehead atoms. The topological polar surface area (TPSA) is 48.3 Å². The van der Waals surface area contributed by atoms with E-state index in [9.17, 15) is 5.26 Å². The van der Waals surface area contributed by atoms with Gasteiger partial charge in [-0.1, -0.05) is 0 Å². The van der Waals surface area contributed by atoms with Gasteiger partial charge in [-0.15, -0.1) is 0 Å². The molecule has 4 heteroatoms. The second-order valence-electron chi connectivity index (χ2n) is 5.74. The predicted molar refractivity (Wildman–Crippen MR) is 73.4 cm³/mol. The summed E-state index contributed by atoms with van der Waals surface area (Å²) in [5, 5.41) is 12.8. The number of nitrogens with one attached hydrogen (secondary N) is 1. The van der Waals surface area contributed by atoms with Crippen LogP contribution in [0.4, 0.5) is 0 Å². The van der Waals surface area contributed by atoms with E-state index in [0.717, 1.165) is 26.1 Å². The molecule has 1 atom stereocenters. The van der Waals surface area contributed by atoms with E-state index in [-0.39, 0.29) is 5.54 Å². The number of rotatable bonds is 9. The van der Waals surface area contributed by atoms with Crippen molar-refractivity contribution in [2.45, 2.75) is 57.7 Å². The lowest BCUT2D eigenvalue weighted by molar-refractivity contribution is 0.123. The third-order valence-electron chi connectivity index (χ3n) is 3.56. The number of ether oxygens (including phenoxy) is 1. The molecule has 0 radical (unpaired) electrons. The molecule has 1 aliphatic rings. The molecule has 1 rings (SSSR count). The predicted octanol–water partition coefficient (Wildman–Crippen LogP) is 1.77. The Balaban J connectivity index is 2.40. The van der Waals surface area contributed by atoms with Crippen molar-refractivity contribution in [1.82, 2.24) is 10.2 Å². The first-order chi connectivity index (χ1) is 8.50. The average molecular weight is 253 g/mol. The fraction of sp³-hybridized carbons (Fsp3) is 0.929. The number of hydrogen-bond acceptors (Lipinski definition) is 4. The van der Waals surface area contributed by atoms with E-state index in [1.54, 1.807) is 7.11 Å². The summed E-state index contributed by atoms with van der Waals surface area (Å²) >= 11 is 0. The van der Waals surface area contributed by atoms with Gasteiger partial charge in [-0.3, -0.25) is 10.2 Å². The van der Waals surface area contributed by atoms with Crippen molar-refractivity contribution in [3.05, 3.63) is 0 Å². The van der Waals surface area contributed by atoms with E-state index in [1.807, 2.05) is 6.92 Å². The zero-order valence-electron chi connectivity index (χ0n) is 12.2. The quantitative estimate of drug-likeness (QED) is 0.680. The van der Waals surface area contributed by atoms with Crippen molar-refractivity contribution < 1.29 is 4.74 Å². The molecule has 1 fully saturated rings. The van der Waals surface area contributed by atoms with Crippen LogP contribution in [-0.4, -0.2) is 49.3 Å². The summed E-state index contributed by atoms with van der Waals surface area (Å²) in [6.07, 6.45) is 3.30. The van der Waals surface area contributed by atoms with Crippen LogP contribution in [0.2, 0.25) is 0 Å². The first kappa shape index (κ1) is 15.4. The molecule has 0 aliphatic heterocycles. The third-order valence-corrected chi connectivity index (χ3v) is 3.56. The molecule has 0 saturated heterocycles. The van der Waals surface area contributed by atoms with Gasteiger partial charge in [-0.05, 0) is 40.0 Å². The summed E-state index contributed by atoms with van der Waals surface area (Å²) < 4.78 is 5.13. The molecule has 0 heterocycles. The average Bonchev–Trinajstić information content (AvgIpc) is 3.12. The Kier molecular flexibility index (Phi) is 6.07. The Morgan fingerprint density at radius 1 is 1.44 bits per heavy atom. The molecule has 0 aromatic heterocycles. The number of nitriles is 1. The van der Waals surface area contributed by atoms with E-state index >= 15 is 0 Å². The second kappa shape index (κ2) is 7.08. The molecule has 0 amide bonds. The normalized spacial score (nSPS) is 18.9. The number of hydrogen-bond donors (Lipinski definition) is 1. The number of methoxy groups -OCH3 is 1. The van der Waals surface area contributed by atoms with Crippen molar-refractivity contribution in [1.29, 1.82) is 5.26 Å². The highest BCUT2D eigenvalue weighted by atomic mass is 16.5. The maximum Gasteiger partial charge on any atom is 0.105 e. The van der Waals surface area contributed by atoms with Gasteiger partial charge in [0.05, 0.1) is 12.7 Å². The van der Waals surface area contributed by atoms with Gasteiger partial charge in [0.25, 0.3) is 0 Å². The minimum absolute atomic E-state index is 0.388. The first-order valence-electron chi connectivity index (χ1n) is 6.92. The monoisotopic (exact) mass is 253 g/mol. The molecular weight excluding hydrogens is 226 g/mol. The van der Waals surface area contributed by atoms with Crippen LogP contribution in [0.15, 0.2) is 0 Å². The lowest BCUT2D eigenvalue weighted by Gasteiger charge is -2.30. The molecule has 1 aliphatic carbocycles. The van der Waals surface area contributed by atoms with E-state index < -0.39 is 0 Å². The minimum atomic E-state index is -0.388. The summed E-state index contributed by atoms with van der Waals surface area (Å²) in [5.74, 6) is 0. The van der Waals surface area contributed by atoms with Gasteiger partial charge in [0.1, 0.15) is 5.54 Å². The highest BCUT2D eigenvalue weighted by Gasteiger charge is 2.32. The maximum atomic E-state index is 9.33. The van der Waals surface area contributed by atoms with Crippen LogP contribution in [0.1, 0.15) is 40.0 Å².